The van der Waals surface area contributed by atoms with Crippen molar-refractivity contribution in [1.29, 1.82) is 0 Å². The fourth-order valence-corrected chi connectivity index (χ4v) is 5.52. The quantitative estimate of drug-likeness (QED) is 0.325. The molecule has 32 heavy (non-hydrogen) atoms. The highest BCUT2D eigenvalue weighted by Crippen LogP contribution is 2.55. The molecule has 0 fully saturated rings. The van der Waals surface area contributed by atoms with Crippen LogP contribution in [0.4, 0.5) is 5.69 Å². The minimum atomic E-state index is -3.55. The SMILES string of the molecule is COc1ccc(N[C@@H](/C=C/c2cccc3ccccc23)P(=O)(OC(C)C)OC(C)C)cc1. The van der Waals surface area contributed by atoms with Gasteiger partial charge in [-0.1, -0.05) is 48.5 Å². The lowest BCUT2D eigenvalue weighted by atomic mass is 10.0. The third kappa shape index (κ3) is 6.23. The van der Waals surface area contributed by atoms with Crippen LogP contribution < -0.4 is 10.1 Å². The van der Waals surface area contributed by atoms with Crippen LogP contribution in [-0.4, -0.2) is 25.1 Å². The summed E-state index contributed by atoms with van der Waals surface area (Å²) >= 11 is 0. The second kappa shape index (κ2) is 10.8. The summed E-state index contributed by atoms with van der Waals surface area (Å²) < 4.78 is 31.0. The fourth-order valence-electron chi connectivity index (χ4n) is 3.42. The van der Waals surface area contributed by atoms with E-state index in [2.05, 4.69) is 23.5 Å². The first-order chi connectivity index (χ1) is 15.3. The number of methoxy groups -OCH3 is 1. The van der Waals surface area contributed by atoms with Gasteiger partial charge in [0.05, 0.1) is 19.3 Å². The summed E-state index contributed by atoms with van der Waals surface area (Å²) in [6, 6.07) is 21.8. The van der Waals surface area contributed by atoms with Crippen molar-refractivity contribution in [2.24, 2.45) is 0 Å². The smallest absolute Gasteiger partial charge is 0.357 e. The molecule has 0 aromatic heterocycles. The van der Waals surface area contributed by atoms with E-state index in [1.165, 1.54) is 0 Å². The number of rotatable bonds is 10. The van der Waals surface area contributed by atoms with Gasteiger partial charge in [-0.3, -0.25) is 4.57 Å². The molecular formula is C26H32NO4P. The maximum Gasteiger partial charge on any atom is 0.357 e. The summed E-state index contributed by atoms with van der Waals surface area (Å²) in [7, 11) is -1.93. The molecule has 0 saturated heterocycles. The lowest BCUT2D eigenvalue weighted by Crippen LogP contribution is -2.23. The minimum absolute atomic E-state index is 0.259. The van der Waals surface area contributed by atoms with Gasteiger partial charge >= 0.3 is 7.60 Å². The Bertz CT molecular complexity index is 1070. The summed E-state index contributed by atoms with van der Waals surface area (Å²) in [5.41, 5.74) is 1.82. The molecule has 0 heterocycles. The van der Waals surface area contributed by atoms with Gasteiger partial charge in [0, 0.05) is 5.69 Å². The van der Waals surface area contributed by atoms with Gasteiger partial charge < -0.3 is 19.1 Å². The van der Waals surface area contributed by atoms with Crippen molar-refractivity contribution in [2.75, 3.05) is 12.4 Å². The molecule has 0 radical (unpaired) electrons. The maximum atomic E-state index is 14.0. The van der Waals surface area contributed by atoms with E-state index in [-0.39, 0.29) is 12.2 Å². The average molecular weight is 454 g/mol. The predicted molar refractivity (Wildman–Crippen MR) is 133 cm³/mol. The van der Waals surface area contributed by atoms with Crippen LogP contribution in [-0.2, 0) is 13.6 Å². The van der Waals surface area contributed by atoms with Crippen LogP contribution in [0, 0.1) is 0 Å². The zero-order chi connectivity index (χ0) is 23.1. The van der Waals surface area contributed by atoms with E-state index >= 15 is 0 Å². The zero-order valence-corrected chi connectivity index (χ0v) is 20.2. The first-order valence-corrected chi connectivity index (χ1v) is 12.4. The zero-order valence-electron chi connectivity index (χ0n) is 19.3. The Morgan fingerprint density at radius 1 is 0.844 bits per heavy atom. The molecule has 6 heteroatoms. The van der Waals surface area contributed by atoms with E-state index in [0.717, 1.165) is 27.8 Å². The molecule has 5 nitrogen and oxygen atoms in total. The highest BCUT2D eigenvalue weighted by Gasteiger charge is 2.36. The summed E-state index contributed by atoms with van der Waals surface area (Å²) in [5, 5.41) is 5.62. The van der Waals surface area contributed by atoms with Crippen molar-refractivity contribution >= 4 is 30.1 Å². The van der Waals surface area contributed by atoms with E-state index < -0.39 is 13.4 Å². The second-order valence-corrected chi connectivity index (χ2v) is 10.2. The molecule has 1 N–H and O–H groups in total. The second-order valence-electron chi connectivity index (χ2n) is 8.09. The Morgan fingerprint density at radius 3 is 2.09 bits per heavy atom. The van der Waals surface area contributed by atoms with Crippen LogP contribution in [0.1, 0.15) is 33.3 Å². The molecule has 0 saturated carbocycles. The normalized spacial score (nSPS) is 13.2. The van der Waals surface area contributed by atoms with Gasteiger partial charge in [0.25, 0.3) is 0 Å². The number of fused-ring (bicyclic) bond motifs is 1. The molecule has 0 amide bonds. The van der Waals surface area contributed by atoms with Gasteiger partial charge in [0.2, 0.25) is 0 Å². The number of hydrogen-bond acceptors (Lipinski definition) is 5. The first-order valence-electron chi connectivity index (χ1n) is 10.8. The number of benzene rings is 3. The van der Waals surface area contributed by atoms with Crippen LogP contribution >= 0.6 is 7.60 Å². The van der Waals surface area contributed by atoms with E-state index in [1.54, 1.807) is 7.11 Å². The number of ether oxygens (including phenoxy) is 1. The van der Waals surface area contributed by atoms with Gasteiger partial charge in [-0.15, -0.1) is 0 Å². The Hall–Kier alpha value is -2.59. The fraction of sp³-hybridized carbons (Fsp3) is 0.308. The van der Waals surface area contributed by atoms with Crippen LogP contribution in [0.3, 0.4) is 0 Å². The standard InChI is InChI=1S/C26H32NO4P/c1-19(2)30-32(28,31-20(3)4)26(27-23-14-16-24(29-5)17-15-23)18-13-22-11-8-10-21-9-6-7-12-25(21)22/h6-20,26-27H,1-5H3/b18-13+/t26-/m1/s1. The van der Waals surface area contributed by atoms with Crippen molar-refractivity contribution in [3.05, 3.63) is 78.4 Å². The van der Waals surface area contributed by atoms with E-state index in [9.17, 15) is 4.57 Å². The highest BCUT2D eigenvalue weighted by atomic mass is 31.2. The minimum Gasteiger partial charge on any atom is -0.497 e. The molecule has 0 unspecified atom stereocenters. The molecular weight excluding hydrogens is 421 g/mol. The van der Waals surface area contributed by atoms with Gasteiger partial charge in [0.15, 0.2) is 0 Å². The summed E-state index contributed by atoms with van der Waals surface area (Å²) in [6.07, 6.45) is 3.33. The van der Waals surface area contributed by atoms with E-state index in [4.69, 9.17) is 13.8 Å². The lowest BCUT2D eigenvalue weighted by molar-refractivity contribution is 0.140. The molecule has 3 rings (SSSR count). The Labute approximate surface area is 190 Å². The average Bonchev–Trinajstić information content (AvgIpc) is 2.75. The van der Waals surface area contributed by atoms with Crippen LogP contribution in [0.25, 0.3) is 16.8 Å². The molecule has 0 aliphatic heterocycles. The molecule has 0 aliphatic rings. The largest absolute Gasteiger partial charge is 0.497 e. The molecule has 3 aromatic carbocycles. The van der Waals surface area contributed by atoms with Crippen LogP contribution in [0.2, 0.25) is 0 Å². The van der Waals surface area contributed by atoms with Crippen molar-refractivity contribution in [2.45, 2.75) is 45.7 Å². The third-order valence-electron chi connectivity index (χ3n) is 4.74. The monoisotopic (exact) mass is 453 g/mol. The summed E-state index contributed by atoms with van der Waals surface area (Å²) in [4.78, 5) is 0. The molecule has 0 bridgehead atoms. The number of nitrogens with one attached hydrogen (secondary N) is 1. The molecule has 1 atom stereocenters. The van der Waals surface area contributed by atoms with E-state index in [0.29, 0.717) is 0 Å². The van der Waals surface area contributed by atoms with Crippen LogP contribution in [0.15, 0.2) is 72.8 Å². The van der Waals surface area contributed by atoms with Crippen LogP contribution in [0.5, 0.6) is 5.75 Å². The van der Waals surface area contributed by atoms with Crippen molar-refractivity contribution < 1.29 is 18.3 Å². The third-order valence-corrected chi connectivity index (χ3v) is 7.16. The topological polar surface area (TPSA) is 56.8 Å². The van der Waals surface area contributed by atoms with Gasteiger partial charge in [-0.05, 0) is 74.4 Å². The number of hydrogen-bond donors (Lipinski definition) is 1. The number of anilines is 1. The lowest BCUT2D eigenvalue weighted by Gasteiger charge is -2.29. The maximum absolute atomic E-state index is 14.0. The van der Waals surface area contributed by atoms with Crippen molar-refractivity contribution in [1.82, 2.24) is 0 Å². The molecule has 170 valence electrons. The Morgan fingerprint density at radius 2 is 1.47 bits per heavy atom. The Kier molecular flexibility index (Phi) is 8.14. The highest BCUT2D eigenvalue weighted by molar-refractivity contribution is 7.55. The molecule has 0 aliphatic carbocycles. The Balaban J connectivity index is 2.01. The summed E-state index contributed by atoms with van der Waals surface area (Å²) in [6.45, 7) is 7.43. The van der Waals surface area contributed by atoms with E-state index in [1.807, 2.05) is 88.4 Å². The predicted octanol–water partition coefficient (Wildman–Crippen LogP) is 7.34. The van der Waals surface area contributed by atoms with Gasteiger partial charge in [-0.2, -0.15) is 0 Å². The van der Waals surface area contributed by atoms with Gasteiger partial charge in [-0.25, -0.2) is 0 Å². The van der Waals surface area contributed by atoms with Crippen molar-refractivity contribution in [3.8, 4) is 5.75 Å². The first kappa shape index (κ1) is 24.1. The molecule has 3 aromatic rings. The molecule has 0 spiro atoms. The van der Waals surface area contributed by atoms with Gasteiger partial charge in [0.1, 0.15) is 11.5 Å². The van der Waals surface area contributed by atoms with Crippen molar-refractivity contribution in [3.63, 3.8) is 0 Å². The summed E-state index contributed by atoms with van der Waals surface area (Å²) in [5.74, 6) is 0.0677.